The zero-order valence-corrected chi connectivity index (χ0v) is 11.7. The molecule has 0 fully saturated rings. The highest BCUT2D eigenvalue weighted by molar-refractivity contribution is 7.39. The highest BCUT2D eigenvalue weighted by Gasteiger charge is 1.99. The Hall–Kier alpha value is 0.860. The van der Waals surface area contributed by atoms with Crippen LogP contribution in [-0.4, -0.2) is 23.6 Å². The Bertz CT molecular complexity index is 92.3. The lowest BCUT2D eigenvalue weighted by Crippen LogP contribution is -1.95. The molecule has 2 heteroatoms. The van der Waals surface area contributed by atoms with Crippen molar-refractivity contribution in [2.45, 2.75) is 58.3 Å². The van der Waals surface area contributed by atoms with Gasteiger partial charge in [0.25, 0.3) is 0 Å². The van der Waals surface area contributed by atoms with E-state index in [2.05, 4.69) is 27.7 Å². The van der Waals surface area contributed by atoms with E-state index in [1.165, 1.54) is 48.7 Å². The highest BCUT2D eigenvalue weighted by atomic mass is 31.1. The molecule has 0 aliphatic rings. The normalized spacial score (nSPS) is 17.5. The fraction of sp³-hybridized carbons (Fsp3) is 1.00. The Kier molecular flexibility index (Phi) is 10.0. The van der Waals surface area contributed by atoms with Gasteiger partial charge in [-0.25, -0.2) is 0 Å². The molecule has 4 atom stereocenters. The molecule has 0 spiro atoms. The maximum atomic E-state index is 2.38. The van der Waals surface area contributed by atoms with Gasteiger partial charge in [0.05, 0.1) is 0 Å². The summed E-state index contributed by atoms with van der Waals surface area (Å²) >= 11 is 0. The molecule has 13 heavy (non-hydrogen) atoms. The standard InChI is InChI=1S/C11H26P2/c1-5-10(3)12-8-7-9-13-11(4)6-2/h10-13H,5-9H2,1-4H3. The van der Waals surface area contributed by atoms with Crippen molar-refractivity contribution in [3.8, 4) is 0 Å². The predicted molar refractivity (Wildman–Crippen MR) is 70.5 cm³/mol. The van der Waals surface area contributed by atoms with Crippen molar-refractivity contribution in [2.75, 3.05) is 12.3 Å². The van der Waals surface area contributed by atoms with E-state index in [4.69, 9.17) is 0 Å². The van der Waals surface area contributed by atoms with Crippen LogP contribution in [0.15, 0.2) is 0 Å². The van der Waals surface area contributed by atoms with Crippen molar-refractivity contribution in [2.24, 2.45) is 0 Å². The van der Waals surface area contributed by atoms with Crippen LogP contribution in [0.5, 0.6) is 0 Å². The smallest absolute Gasteiger partial charge is 0.0268 e. The summed E-state index contributed by atoms with van der Waals surface area (Å²) in [5.74, 6) is 0. The van der Waals surface area contributed by atoms with Crippen molar-refractivity contribution < 1.29 is 0 Å². The van der Waals surface area contributed by atoms with Crippen LogP contribution in [0.1, 0.15) is 47.0 Å². The zero-order valence-electron chi connectivity index (χ0n) is 9.69. The molecule has 0 N–H and O–H groups in total. The molecule has 0 heterocycles. The molecular formula is C11H26P2. The summed E-state index contributed by atoms with van der Waals surface area (Å²) in [5.41, 5.74) is 1.96. The minimum atomic E-state index is 0.979. The molecule has 0 nitrogen and oxygen atoms in total. The minimum absolute atomic E-state index is 0.979. The Morgan fingerprint density at radius 1 is 0.846 bits per heavy atom. The molecule has 4 unspecified atom stereocenters. The Morgan fingerprint density at radius 3 is 1.54 bits per heavy atom. The molecule has 0 saturated carbocycles. The van der Waals surface area contributed by atoms with E-state index in [1.807, 2.05) is 0 Å². The molecular weight excluding hydrogens is 194 g/mol. The Morgan fingerprint density at radius 2 is 1.23 bits per heavy atom. The second-order valence-corrected chi connectivity index (χ2v) is 7.67. The van der Waals surface area contributed by atoms with Crippen LogP contribution >= 0.6 is 17.2 Å². The first-order valence-corrected chi connectivity index (χ1v) is 8.24. The van der Waals surface area contributed by atoms with Gasteiger partial charge >= 0.3 is 0 Å². The topological polar surface area (TPSA) is 0 Å². The molecule has 0 rings (SSSR count). The predicted octanol–water partition coefficient (Wildman–Crippen LogP) is 4.33. The largest absolute Gasteiger partial charge is 0.119 e. The van der Waals surface area contributed by atoms with Gasteiger partial charge in [-0.05, 0) is 42.9 Å². The van der Waals surface area contributed by atoms with E-state index in [9.17, 15) is 0 Å². The van der Waals surface area contributed by atoms with Gasteiger partial charge in [-0.15, -0.1) is 17.2 Å². The molecule has 0 radical (unpaired) electrons. The van der Waals surface area contributed by atoms with Crippen molar-refractivity contribution in [3.05, 3.63) is 0 Å². The minimum Gasteiger partial charge on any atom is -0.119 e. The van der Waals surface area contributed by atoms with E-state index in [0.717, 1.165) is 11.3 Å². The van der Waals surface area contributed by atoms with Crippen LogP contribution in [-0.2, 0) is 0 Å². The summed E-state index contributed by atoms with van der Waals surface area (Å²) in [6.45, 7) is 9.38. The molecule has 0 amide bonds. The summed E-state index contributed by atoms with van der Waals surface area (Å²) in [5, 5.41) is 0. The molecule has 0 bridgehead atoms. The van der Waals surface area contributed by atoms with E-state index >= 15 is 0 Å². The van der Waals surface area contributed by atoms with Crippen LogP contribution in [0.4, 0.5) is 0 Å². The molecule has 0 saturated heterocycles. The SMILES string of the molecule is CCC(C)PCCCPC(C)CC. The third kappa shape index (κ3) is 9.17. The number of hydrogen-bond donors (Lipinski definition) is 0. The average Bonchev–Trinajstić information content (AvgIpc) is 2.16. The quantitative estimate of drug-likeness (QED) is 0.422. The zero-order chi connectivity index (χ0) is 10.1. The first-order valence-electron chi connectivity index (χ1n) is 5.67. The van der Waals surface area contributed by atoms with Crippen LogP contribution in [0.2, 0.25) is 0 Å². The van der Waals surface area contributed by atoms with E-state index < -0.39 is 0 Å². The van der Waals surface area contributed by atoms with E-state index in [1.54, 1.807) is 0 Å². The van der Waals surface area contributed by atoms with Crippen LogP contribution in [0.3, 0.4) is 0 Å². The number of rotatable bonds is 8. The van der Waals surface area contributed by atoms with Crippen molar-refractivity contribution in [1.82, 2.24) is 0 Å². The first-order chi connectivity index (χ1) is 6.20. The van der Waals surface area contributed by atoms with Gasteiger partial charge in [-0.3, -0.25) is 0 Å². The summed E-state index contributed by atoms with van der Waals surface area (Å²) in [6.07, 6.45) is 7.18. The van der Waals surface area contributed by atoms with Crippen molar-refractivity contribution >= 4 is 17.2 Å². The molecule has 0 aliphatic heterocycles. The molecule has 0 aromatic heterocycles. The summed E-state index contributed by atoms with van der Waals surface area (Å²) in [7, 11) is 2.43. The molecule has 0 aromatic rings. The van der Waals surface area contributed by atoms with Gasteiger partial charge in [-0.1, -0.05) is 27.7 Å². The summed E-state index contributed by atoms with van der Waals surface area (Å²) < 4.78 is 0. The van der Waals surface area contributed by atoms with E-state index in [0.29, 0.717) is 0 Å². The first kappa shape index (κ1) is 13.9. The van der Waals surface area contributed by atoms with Gasteiger partial charge in [0.1, 0.15) is 0 Å². The van der Waals surface area contributed by atoms with Gasteiger partial charge in [-0.2, -0.15) is 0 Å². The van der Waals surface area contributed by atoms with Gasteiger partial charge < -0.3 is 0 Å². The van der Waals surface area contributed by atoms with Crippen molar-refractivity contribution in [1.29, 1.82) is 0 Å². The second-order valence-electron chi connectivity index (χ2n) is 3.88. The summed E-state index contributed by atoms with van der Waals surface area (Å²) in [4.78, 5) is 0. The lowest BCUT2D eigenvalue weighted by molar-refractivity contribution is 0.887. The number of hydrogen-bond acceptors (Lipinski definition) is 0. The van der Waals surface area contributed by atoms with Crippen molar-refractivity contribution in [3.63, 3.8) is 0 Å². The monoisotopic (exact) mass is 220 g/mol. The van der Waals surface area contributed by atoms with Crippen LogP contribution in [0.25, 0.3) is 0 Å². The fourth-order valence-corrected chi connectivity index (χ4v) is 3.75. The average molecular weight is 220 g/mol. The van der Waals surface area contributed by atoms with Crippen LogP contribution in [0, 0.1) is 0 Å². The Labute approximate surface area is 88.2 Å². The maximum absolute atomic E-state index is 2.38. The summed E-state index contributed by atoms with van der Waals surface area (Å²) in [6, 6.07) is 0. The highest BCUT2D eigenvalue weighted by Crippen LogP contribution is 2.26. The Balaban J connectivity index is 3.08. The third-order valence-electron chi connectivity index (χ3n) is 2.56. The molecule has 0 aliphatic carbocycles. The second kappa shape index (κ2) is 9.42. The lowest BCUT2D eigenvalue weighted by Gasteiger charge is -2.10. The van der Waals surface area contributed by atoms with Gasteiger partial charge in [0.15, 0.2) is 0 Å². The van der Waals surface area contributed by atoms with Gasteiger partial charge in [0, 0.05) is 0 Å². The van der Waals surface area contributed by atoms with Crippen LogP contribution < -0.4 is 0 Å². The third-order valence-corrected chi connectivity index (χ3v) is 6.06. The maximum Gasteiger partial charge on any atom is -0.0268 e. The lowest BCUT2D eigenvalue weighted by atomic mass is 10.4. The molecule has 0 aromatic carbocycles. The fourth-order valence-electron chi connectivity index (χ4n) is 1.07. The van der Waals surface area contributed by atoms with Gasteiger partial charge in [0.2, 0.25) is 0 Å². The molecule has 80 valence electrons. The van der Waals surface area contributed by atoms with E-state index in [-0.39, 0.29) is 0 Å².